The molecule has 0 spiro atoms. The largest absolute Gasteiger partial charge is 0.493 e. The number of aryl methyl sites for hydroxylation is 1. The van der Waals surface area contributed by atoms with Gasteiger partial charge in [-0.3, -0.25) is 4.79 Å². The van der Waals surface area contributed by atoms with E-state index in [-0.39, 0.29) is 11.9 Å². The zero-order valence-electron chi connectivity index (χ0n) is 18.6. The third-order valence-electron chi connectivity index (χ3n) is 6.84. The molecule has 1 saturated heterocycles. The highest BCUT2D eigenvalue weighted by atomic mass is 16.5. The second-order valence-corrected chi connectivity index (χ2v) is 8.78. The van der Waals surface area contributed by atoms with E-state index in [9.17, 15) is 4.79 Å². The van der Waals surface area contributed by atoms with Crippen LogP contribution in [0.1, 0.15) is 50.2 Å². The highest BCUT2D eigenvalue weighted by Gasteiger charge is 2.32. The Bertz CT molecular complexity index is 680. The Morgan fingerprint density at radius 3 is 2.31 bits per heavy atom. The molecule has 3 rings (SSSR count). The van der Waals surface area contributed by atoms with Gasteiger partial charge < -0.3 is 24.6 Å². The molecule has 3 N–H and O–H groups in total. The lowest BCUT2D eigenvalue weighted by Crippen LogP contribution is -3.29. The van der Waals surface area contributed by atoms with Crippen molar-refractivity contribution in [1.29, 1.82) is 0 Å². The van der Waals surface area contributed by atoms with Crippen molar-refractivity contribution in [3.05, 3.63) is 23.3 Å². The Kier molecular flexibility index (Phi) is 7.78. The lowest BCUT2D eigenvalue weighted by molar-refractivity contribution is -1.02. The molecule has 0 radical (unpaired) electrons. The molecule has 1 heterocycles. The summed E-state index contributed by atoms with van der Waals surface area (Å²) >= 11 is 0. The second kappa shape index (κ2) is 10.3. The van der Waals surface area contributed by atoms with Gasteiger partial charge >= 0.3 is 0 Å². The SMILES string of the molecule is COc1cc(C)c(C[NH+]2CC[NH+]([C@@H](C)C(=O)NC3CCCCC3)CC2)cc1OC. The van der Waals surface area contributed by atoms with Crippen LogP contribution in [-0.4, -0.2) is 58.4 Å². The van der Waals surface area contributed by atoms with Gasteiger partial charge in [-0.1, -0.05) is 19.3 Å². The number of ether oxygens (including phenoxy) is 2. The number of methoxy groups -OCH3 is 2. The molecule has 0 unspecified atom stereocenters. The van der Waals surface area contributed by atoms with Gasteiger partial charge in [0.1, 0.15) is 32.7 Å². The predicted molar refractivity (Wildman–Crippen MR) is 114 cm³/mol. The molecule has 2 aliphatic rings. The average molecular weight is 406 g/mol. The molecule has 162 valence electrons. The third-order valence-corrected chi connectivity index (χ3v) is 6.84. The first kappa shape index (κ1) is 21.9. The number of carbonyl (C=O) groups is 1. The number of hydrogen-bond donors (Lipinski definition) is 3. The van der Waals surface area contributed by atoms with Crippen molar-refractivity contribution in [3.63, 3.8) is 0 Å². The number of carbonyl (C=O) groups excluding carboxylic acids is 1. The van der Waals surface area contributed by atoms with Gasteiger partial charge in [-0.15, -0.1) is 0 Å². The van der Waals surface area contributed by atoms with Crippen molar-refractivity contribution in [2.45, 2.75) is 64.6 Å². The monoisotopic (exact) mass is 405 g/mol. The zero-order chi connectivity index (χ0) is 20.8. The number of benzene rings is 1. The van der Waals surface area contributed by atoms with Gasteiger partial charge in [-0.25, -0.2) is 0 Å². The fourth-order valence-electron chi connectivity index (χ4n) is 4.78. The van der Waals surface area contributed by atoms with Gasteiger partial charge in [-0.05, 0) is 44.4 Å². The van der Waals surface area contributed by atoms with Crippen molar-refractivity contribution in [3.8, 4) is 11.5 Å². The number of piperazine rings is 1. The minimum absolute atomic E-state index is 0.0429. The van der Waals surface area contributed by atoms with Gasteiger partial charge in [0.2, 0.25) is 0 Å². The van der Waals surface area contributed by atoms with E-state index in [0.29, 0.717) is 6.04 Å². The van der Waals surface area contributed by atoms with Crippen molar-refractivity contribution in [2.75, 3.05) is 40.4 Å². The van der Waals surface area contributed by atoms with Crippen LogP contribution >= 0.6 is 0 Å². The Labute approximate surface area is 175 Å². The van der Waals surface area contributed by atoms with Crippen molar-refractivity contribution in [1.82, 2.24) is 5.32 Å². The summed E-state index contributed by atoms with van der Waals surface area (Å²) in [5.41, 5.74) is 2.55. The summed E-state index contributed by atoms with van der Waals surface area (Å²) in [6, 6.07) is 4.62. The molecule has 6 nitrogen and oxygen atoms in total. The molecule has 6 heteroatoms. The topological polar surface area (TPSA) is 56.4 Å². The first-order valence-corrected chi connectivity index (χ1v) is 11.2. The number of hydrogen-bond acceptors (Lipinski definition) is 3. The summed E-state index contributed by atoms with van der Waals surface area (Å²) in [6.07, 6.45) is 6.12. The van der Waals surface area contributed by atoms with E-state index in [4.69, 9.17) is 9.47 Å². The summed E-state index contributed by atoms with van der Waals surface area (Å²) in [5.74, 6) is 1.83. The number of quaternary nitrogens is 2. The van der Waals surface area contributed by atoms with Crippen LogP contribution in [0.5, 0.6) is 11.5 Å². The van der Waals surface area contributed by atoms with E-state index in [1.165, 1.54) is 35.3 Å². The van der Waals surface area contributed by atoms with E-state index in [2.05, 4.69) is 31.3 Å². The molecular weight excluding hydrogens is 366 g/mol. The molecule has 0 aromatic heterocycles. The van der Waals surface area contributed by atoms with Crippen LogP contribution in [0.15, 0.2) is 12.1 Å². The third kappa shape index (κ3) is 5.64. The number of nitrogens with one attached hydrogen (secondary N) is 3. The molecule has 1 amide bonds. The van der Waals surface area contributed by atoms with Gasteiger partial charge in [0.15, 0.2) is 17.5 Å². The molecule has 1 aromatic carbocycles. The predicted octanol–water partition coefficient (Wildman–Crippen LogP) is 0.133. The van der Waals surface area contributed by atoms with Crippen molar-refractivity contribution < 1.29 is 24.1 Å². The van der Waals surface area contributed by atoms with E-state index in [1.807, 2.05) is 0 Å². The van der Waals surface area contributed by atoms with Crippen LogP contribution < -0.4 is 24.6 Å². The molecule has 1 atom stereocenters. The van der Waals surface area contributed by atoms with Crippen LogP contribution in [-0.2, 0) is 11.3 Å². The summed E-state index contributed by atoms with van der Waals surface area (Å²) in [7, 11) is 3.36. The summed E-state index contributed by atoms with van der Waals surface area (Å²) in [5, 5.41) is 3.31. The van der Waals surface area contributed by atoms with Crippen LogP contribution in [0.3, 0.4) is 0 Å². The fraction of sp³-hybridized carbons (Fsp3) is 0.696. The Hall–Kier alpha value is -1.79. The van der Waals surface area contributed by atoms with Crippen LogP contribution in [0.25, 0.3) is 0 Å². The molecular formula is C23H39N3O3+2. The first-order valence-electron chi connectivity index (χ1n) is 11.2. The lowest BCUT2D eigenvalue weighted by Gasteiger charge is -2.33. The van der Waals surface area contributed by atoms with Gasteiger partial charge in [0, 0.05) is 11.6 Å². The molecule has 1 aliphatic heterocycles. The molecule has 1 saturated carbocycles. The van der Waals surface area contributed by atoms with E-state index >= 15 is 0 Å². The minimum atomic E-state index is 0.0429. The smallest absolute Gasteiger partial charge is 0.278 e. The molecule has 0 bridgehead atoms. The quantitative estimate of drug-likeness (QED) is 0.605. The molecule has 29 heavy (non-hydrogen) atoms. The Morgan fingerprint density at radius 2 is 1.69 bits per heavy atom. The van der Waals surface area contributed by atoms with E-state index in [0.717, 1.165) is 57.1 Å². The summed E-state index contributed by atoms with van der Waals surface area (Å²) in [4.78, 5) is 15.7. The lowest BCUT2D eigenvalue weighted by atomic mass is 9.95. The maximum atomic E-state index is 12.7. The van der Waals surface area contributed by atoms with Crippen molar-refractivity contribution in [2.24, 2.45) is 0 Å². The second-order valence-electron chi connectivity index (χ2n) is 8.78. The van der Waals surface area contributed by atoms with Crippen molar-refractivity contribution >= 4 is 5.91 Å². The maximum absolute atomic E-state index is 12.7. The van der Waals surface area contributed by atoms with Crippen LogP contribution in [0, 0.1) is 6.92 Å². The van der Waals surface area contributed by atoms with Gasteiger partial charge in [-0.2, -0.15) is 0 Å². The number of amides is 1. The fourth-order valence-corrected chi connectivity index (χ4v) is 4.78. The standard InChI is InChI=1S/C23H37N3O3/c1-17-14-21(28-3)22(29-4)15-19(17)16-25-10-12-26(13-11-25)18(2)23(27)24-20-8-6-5-7-9-20/h14-15,18,20H,5-13,16H2,1-4H3,(H,24,27)/p+2/t18-/m0/s1. The van der Waals surface area contributed by atoms with E-state index in [1.54, 1.807) is 19.1 Å². The normalized spacial score (nSPS) is 24.0. The Balaban J connectivity index is 1.50. The molecule has 2 fully saturated rings. The van der Waals surface area contributed by atoms with Crippen LogP contribution in [0.4, 0.5) is 0 Å². The average Bonchev–Trinajstić information content (AvgIpc) is 2.75. The van der Waals surface area contributed by atoms with E-state index < -0.39 is 0 Å². The van der Waals surface area contributed by atoms with Gasteiger partial charge in [0.05, 0.1) is 14.2 Å². The first-order chi connectivity index (χ1) is 14.0. The summed E-state index contributed by atoms with van der Waals surface area (Å²) < 4.78 is 10.9. The molecule has 1 aromatic rings. The van der Waals surface area contributed by atoms with Gasteiger partial charge in [0.25, 0.3) is 5.91 Å². The molecule has 1 aliphatic carbocycles. The van der Waals surface area contributed by atoms with Crippen LogP contribution in [0.2, 0.25) is 0 Å². The summed E-state index contributed by atoms with van der Waals surface area (Å²) in [6.45, 7) is 9.48. The highest BCUT2D eigenvalue weighted by molar-refractivity contribution is 5.80. The maximum Gasteiger partial charge on any atom is 0.278 e. The highest BCUT2D eigenvalue weighted by Crippen LogP contribution is 2.29. The minimum Gasteiger partial charge on any atom is -0.493 e. The Morgan fingerprint density at radius 1 is 1.07 bits per heavy atom. The zero-order valence-corrected chi connectivity index (χ0v) is 18.6. The number of rotatable bonds is 7.